The molecule has 2 rings (SSSR count). The van der Waals surface area contributed by atoms with Crippen molar-refractivity contribution < 1.29 is 4.74 Å². The lowest BCUT2D eigenvalue weighted by Gasteiger charge is -2.27. The summed E-state index contributed by atoms with van der Waals surface area (Å²) in [7, 11) is 1.83. The molecule has 20 heavy (non-hydrogen) atoms. The van der Waals surface area contributed by atoms with Crippen molar-refractivity contribution in [3.8, 4) is 0 Å². The average Bonchev–Trinajstić information content (AvgIpc) is 2.96. The second-order valence-corrected chi connectivity index (χ2v) is 6.73. The third-order valence-corrected chi connectivity index (χ3v) is 5.18. The van der Waals surface area contributed by atoms with Gasteiger partial charge in [0.05, 0.1) is 5.69 Å². The van der Waals surface area contributed by atoms with Crippen LogP contribution in [0.5, 0.6) is 0 Å². The van der Waals surface area contributed by atoms with Gasteiger partial charge in [-0.15, -0.1) is 11.3 Å². The van der Waals surface area contributed by atoms with E-state index in [1.54, 1.807) is 11.3 Å². The van der Waals surface area contributed by atoms with Crippen LogP contribution in [-0.4, -0.2) is 18.6 Å². The maximum absolute atomic E-state index is 5.78. The first-order chi connectivity index (χ1) is 9.76. The summed E-state index contributed by atoms with van der Waals surface area (Å²) in [5.41, 5.74) is 1.16. The number of thiazole rings is 1. The van der Waals surface area contributed by atoms with Crippen molar-refractivity contribution in [2.45, 2.75) is 64.5 Å². The number of hydrogen-bond donors (Lipinski definition) is 1. The normalized spacial score (nSPS) is 19.9. The Hall–Kier alpha value is -0.450. The van der Waals surface area contributed by atoms with Crippen molar-refractivity contribution >= 4 is 11.3 Å². The van der Waals surface area contributed by atoms with Crippen molar-refractivity contribution in [1.29, 1.82) is 0 Å². The van der Waals surface area contributed by atoms with E-state index in [9.17, 15) is 0 Å². The average molecular weight is 296 g/mol. The van der Waals surface area contributed by atoms with E-state index in [1.807, 2.05) is 7.11 Å². The third kappa shape index (κ3) is 4.03. The van der Waals surface area contributed by atoms with Crippen LogP contribution in [0.2, 0.25) is 0 Å². The second-order valence-electron chi connectivity index (χ2n) is 5.84. The summed E-state index contributed by atoms with van der Waals surface area (Å²) >= 11 is 1.76. The van der Waals surface area contributed by atoms with Gasteiger partial charge in [0.1, 0.15) is 11.1 Å². The van der Waals surface area contributed by atoms with Crippen LogP contribution < -0.4 is 5.32 Å². The van der Waals surface area contributed by atoms with E-state index in [4.69, 9.17) is 9.72 Å². The van der Waals surface area contributed by atoms with E-state index in [-0.39, 0.29) is 6.10 Å². The molecular formula is C16H28N2OS. The Morgan fingerprint density at radius 1 is 1.40 bits per heavy atom. The predicted molar refractivity (Wildman–Crippen MR) is 85.1 cm³/mol. The fraction of sp³-hybridized carbons (Fsp3) is 0.812. The fourth-order valence-corrected chi connectivity index (χ4v) is 4.11. The highest BCUT2D eigenvalue weighted by atomic mass is 32.1. The molecule has 1 aromatic heterocycles. The van der Waals surface area contributed by atoms with E-state index in [2.05, 4.69) is 24.5 Å². The van der Waals surface area contributed by atoms with E-state index >= 15 is 0 Å². The lowest BCUT2D eigenvalue weighted by Crippen LogP contribution is -2.20. The number of rotatable bonds is 7. The molecule has 1 aliphatic rings. The number of aromatic nitrogens is 1. The molecule has 4 heteroatoms. The summed E-state index contributed by atoms with van der Waals surface area (Å²) in [5.74, 6) is 0.659. The van der Waals surface area contributed by atoms with Gasteiger partial charge in [-0.2, -0.15) is 0 Å². The number of methoxy groups -OCH3 is 1. The quantitative estimate of drug-likeness (QED) is 0.806. The predicted octanol–water partition coefficient (Wildman–Crippen LogP) is 4.47. The first-order valence-corrected chi connectivity index (χ1v) is 8.85. The Labute approximate surface area is 127 Å². The topological polar surface area (TPSA) is 34.1 Å². The standard InChI is InChI=1S/C16H28N2OS/c1-4-10-17-12(2)14-11-20-16(18-14)15(19-3)13-8-6-5-7-9-13/h11-13,15,17H,4-10H2,1-3H3. The Balaban J connectivity index is 2.01. The molecule has 0 radical (unpaired) electrons. The number of ether oxygens (including phenoxy) is 1. The summed E-state index contributed by atoms with van der Waals surface area (Å²) < 4.78 is 5.78. The summed E-state index contributed by atoms with van der Waals surface area (Å²) in [6, 6.07) is 0.337. The Morgan fingerprint density at radius 2 is 2.15 bits per heavy atom. The first kappa shape index (κ1) is 15.9. The molecule has 1 aliphatic carbocycles. The van der Waals surface area contributed by atoms with Gasteiger partial charge < -0.3 is 10.1 Å². The summed E-state index contributed by atoms with van der Waals surface area (Å²) in [4.78, 5) is 4.84. The summed E-state index contributed by atoms with van der Waals surface area (Å²) in [6.07, 6.45) is 8.01. The minimum atomic E-state index is 0.201. The minimum absolute atomic E-state index is 0.201. The smallest absolute Gasteiger partial charge is 0.122 e. The lowest BCUT2D eigenvalue weighted by atomic mass is 9.85. The number of nitrogens with zero attached hydrogens (tertiary/aromatic N) is 1. The maximum atomic E-state index is 5.78. The van der Waals surface area contributed by atoms with E-state index in [1.165, 1.54) is 37.1 Å². The van der Waals surface area contributed by atoms with E-state index in [0.29, 0.717) is 12.0 Å². The first-order valence-electron chi connectivity index (χ1n) is 7.97. The molecule has 0 aromatic carbocycles. The molecule has 1 heterocycles. The van der Waals surface area contributed by atoms with Crippen LogP contribution in [0.1, 0.15) is 75.2 Å². The monoisotopic (exact) mass is 296 g/mol. The lowest BCUT2D eigenvalue weighted by molar-refractivity contribution is 0.0351. The van der Waals surface area contributed by atoms with Gasteiger partial charge in [-0.25, -0.2) is 4.98 Å². The molecule has 0 aliphatic heterocycles. The maximum Gasteiger partial charge on any atom is 0.122 e. The van der Waals surface area contributed by atoms with Gasteiger partial charge in [-0.1, -0.05) is 26.2 Å². The molecule has 114 valence electrons. The van der Waals surface area contributed by atoms with Crippen molar-refractivity contribution in [3.05, 3.63) is 16.1 Å². The van der Waals surface area contributed by atoms with Gasteiger partial charge in [0, 0.05) is 18.5 Å². The molecule has 2 unspecified atom stereocenters. The van der Waals surface area contributed by atoms with Gasteiger partial charge in [-0.05, 0) is 38.6 Å². The van der Waals surface area contributed by atoms with Gasteiger partial charge in [0.25, 0.3) is 0 Å². The second kappa shape index (κ2) is 8.11. The summed E-state index contributed by atoms with van der Waals surface area (Å²) in [5, 5.41) is 6.86. The van der Waals surface area contributed by atoms with Crippen molar-refractivity contribution in [3.63, 3.8) is 0 Å². The van der Waals surface area contributed by atoms with Gasteiger partial charge in [0.15, 0.2) is 0 Å². The zero-order chi connectivity index (χ0) is 14.4. The van der Waals surface area contributed by atoms with Gasteiger partial charge >= 0.3 is 0 Å². The highest BCUT2D eigenvalue weighted by molar-refractivity contribution is 7.09. The van der Waals surface area contributed by atoms with Crippen LogP contribution >= 0.6 is 11.3 Å². The van der Waals surface area contributed by atoms with Crippen LogP contribution in [0.4, 0.5) is 0 Å². The van der Waals surface area contributed by atoms with Crippen LogP contribution in [0.15, 0.2) is 5.38 Å². The van der Waals surface area contributed by atoms with Crippen LogP contribution in [0.3, 0.4) is 0 Å². The zero-order valence-electron chi connectivity index (χ0n) is 13.0. The highest BCUT2D eigenvalue weighted by Crippen LogP contribution is 2.38. The molecular weight excluding hydrogens is 268 g/mol. The largest absolute Gasteiger partial charge is 0.374 e. The third-order valence-electron chi connectivity index (χ3n) is 4.26. The molecule has 1 aromatic rings. The highest BCUT2D eigenvalue weighted by Gasteiger charge is 2.27. The van der Waals surface area contributed by atoms with Crippen LogP contribution in [0, 0.1) is 5.92 Å². The fourth-order valence-electron chi connectivity index (χ4n) is 3.03. The van der Waals surface area contributed by atoms with E-state index < -0.39 is 0 Å². The summed E-state index contributed by atoms with van der Waals surface area (Å²) in [6.45, 7) is 5.43. The Bertz CT molecular complexity index is 388. The molecule has 1 saturated carbocycles. The molecule has 0 bridgehead atoms. The van der Waals surface area contributed by atoms with Crippen molar-refractivity contribution in [2.75, 3.05) is 13.7 Å². The van der Waals surface area contributed by atoms with Crippen LogP contribution in [0.25, 0.3) is 0 Å². The van der Waals surface area contributed by atoms with Crippen LogP contribution in [-0.2, 0) is 4.74 Å². The number of hydrogen-bond acceptors (Lipinski definition) is 4. The Kier molecular flexibility index (Phi) is 6.46. The van der Waals surface area contributed by atoms with E-state index in [0.717, 1.165) is 18.7 Å². The zero-order valence-corrected chi connectivity index (χ0v) is 13.8. The molecule has 0 amide bonds. The molecule has 3 nitrogen and oxygen atoms in total. The number of nitrogens with one attached hydrogen (secondary N) is 1. The van der Waals surface area contributed by atoms with Gasteiger partial charge in [-0.3, -0.25) is 0 Å². The molecule has 2 atom stereocenters. The molecule has 1 fully saturated rings. The molecule has 1 N–H and O–H groups in total. The molecule has 0 spiro atoms. The molecule has 0 saturated heterocycles. The van der Waals surface area contributed by atoms with Gasteiger partial charge in [0.2, 0.25) is 0 Å². The minimum Gasteiger partial charge on any atom is -0.374 e. The van der Waals surface area contributed by atoms with Crippen molar-refractivity contribution in [2.24, 2.45) is 5.92 Å². The Morgan fingerprint density at radius 3 is 2.80 bits per heavy atom. The SMILES string of the molecule is CCCNC(C)c1csc(C(OC)C2CCCCC2)n1. The van der Waals surface area contributed by atoms with Crippen molar-refractivity contribution in [1.82, 2.24) is 10.3 Å².